The van der Waals surface area contributed by atoms with Gasteiger partial charge in [-0.25, -0.2) is 4.98 Å². The van der Waals surface area contributed by atoms with Gasteiger partial charge in [-0.1, -0.05) is 19.8 Å². The Hall–Kier alpha value is -1.58. The first-order valence-electron chi connectivity index (χ1n) is 8.21. The van der Waals surface area contributed by atoms with Gasteiger partial charge in [0.25, 0.3) is 0 Å². The molecule has 0 spiro atoms. The van der Waals surface area contributed by atoms with Gasteiger partial charge in [-0.15, -0.1) is 0 Å². The molecule has 1 fully saturated rings. The summed E-state index contributed by atoms with van der Waals surface area (Å²) >= 11 is 0. The molecule has 1 saturated carbocycles. The molecule has 3 rings (SSSR count). The summed E-state index contributed by atoms with van der Waals surface area (Å²) in [5, 5.41) is 7.79. The van der Waals surface area contributed by atoms with Crippen LogP contribution in [0.2, 0.25) is 0 Å². The van der Waals surface area contributed by atoms with Crippen molar-refractivity contribution in [3.8, 4) is 5.88 Å². The minimum atomic E-state index is 0.0649. The van der Waals surface area contributed by atoms with Gasteiger partial charge in [-0.05, 0) is 56.1 Å². The number of pyridine rings is 1. The van der Waals surface area contributed by atoms with Crippen molar-refractivity contribution in [2.75, 3.05) is 0 Å². The largest absolute Gasteiger partial charge is 0.474 e. The van der Waals surface area contributed by atoms with Gasteiger partial charge in [0, 0.05) is 5.69 Å². The average Bonchev–Trinajstić information content (AvgIpc) is 2.93. The van der Waals surface area contributed by atoms with Crippen LogP contribution in [0.5, 0.6) is 5.88 Å². The SMILES string of the molecule is CCC1CCCC(Oc2nc3c(cc2C(=N)N)CCC3)C1. The highest BCUT2D eigenvalue weighted by Gasteiger charge is 2.25. The highest BCUT2D eigenvalue weighted by Crippen LogP contribution is 2.32. The molecule has 4 heteroatoms. The number of hydrogen-bond acceptors (Lipinski definition) is 3. The number of amidine groups is 1. The maximum Gasteiger partial charge on any atom is 0.225 e. The van der Waals surface area contributed by atoms with E-state index >= 15 is 0 Å². The third-order valence-electron chi connectivity index (χ3n) is 4.90. The summed E-state index contributed by atoms with van der Waals surface area (Å²) in [7, 11) is 0. The van der Waals surface area contributed by atoms with E-state index in [1.165, 1.54) is 24.8 Å². The Morgan fingerprint density at radius 2 is 2.24 bits per heavy atom. The molecule has 1 heterocycles. The Kier molecular flexibility index (Phi) is 4.13. The fourth-order valence-electron chi connectivity index (χ4n) is 3.61. The molecule has 1 aromatic rings. The van der Waals surface area contributed by atoms with Gasteiger partial charge >= 0.3 is 0 Å². The van der Waals surface area contributed by atoms with Crippen LogP contribution >= 0.6 is 0 Å². The lowest BCUT2D eigenvalue weighted by Crippen LogP contribution is -2.27. The number of nitrogens with one attached hydrogen (secondary N) is 1. The number of nitrogens with zero attached hydrogens (tertiary/aromatic N) is 1. The number of fused-ring (bicyclic) bond motifs is 1. The molecule has 3 N–H and O–H groups in total. The van der Waals surface area contributed by atoms with Gasteiger partial charge in [0.15, 0.2) is 0 Å². The van der Waals surface area contributed by atoms with Crippen LogP contribution in [0.3, 0.4) is 0 Å². The summed E-state index contributed by atoms with van der Waals surface area (Å²) in [6.45, 7) is 2.25. The van der Waals surface area contributed by atoms with Gasteiger partial charge in [0.2, 0.25) is 5.88 Å². The molecular weight excluding hydrogens is 262 g/mol. The van der Waals surface area contributed by atoms with E-state index in [-0.39, 0.29) is 11.9 Å². The molecule has 0 aromatic carbocycles. The second-order valence-corrected chi connectivity index (χ2v) is 6.39. The number of nitrogens with two attached hydrogens (primary N) is 1. The molecule has 0 saturated heterocycles. The van der Waals surface area contributed by atoms with Crippen molar-refractivity contribution in [2.45, 2.75) is 64.4 Å². The molecule has 114 valence electrons. The van der Waals surface area contributed by atoms with Crippen LogP contribution in [0.25, 0.3) is 0 Å². The number of ether oxygens (including phenoxy) is 1. The molecule has 0 aliphatic heterocycles. The molecule has 2 unspecified atom stereocenters. The molecule has 21 heavy (non-hydrogen) atoms. The maximum atomic E-state index is 7.79. The van der Waals surface area contributed by atoms with Crippen LogP contribution in [0.4, 0.5) is 0 Å². The van der Waals surface area contributed by atoms with Crippen LogP contribution in [-0.2, 0) is 12.8 Å². The zero-order valence-electron chi connectivity index (χ0n) is 12.8. The first kappa shape index (κ1) is 14.4. The zero-order valence-corrected chi connectivity index (χ0v) is 12.8. The maximum absolute atomic E-state index is 7.79. The molecule has 2 aliphatic carbocycles. The topological polar surface area (TPSA) is 72.0 Å². The molecule has 0 radical (unpaired) electrons. The van der Waals surface area contributed by atoms with E-state index in [4.69, 9.17) is 15.9 Å². The van der Waals surface area contributed by atoms with Crippen LogP contribution in [0.15, 0.2) is 6.07 Å². The summed E-state index contributed by atoms with van der Waals surface area (Å²) < 4.78 is 6.17. The monoisotopic (exact) mass is 287 g/mol. The van der Waals surface area contributed by atoms with E-state index in [2.05, 4.69) is 11.9 Å². The van der Waals surface area contributed by atoms with Gasteiger partial charge in [0.1, 0.15) is 11.9 Å². The molecule has 2 aliphatic rings. The van der Waals surface area contributed by atoms with Crippen molar-refractivity contribution in [3.05, 3.63) is 22.9 Å². The second kappa shape index (κ2) is 6.04. The third kappa shape index (κ3) is 3.04. The average molecular weight is 287 g/mol. The molecule has 0 amide bonds. The van der Waals surface area contributed by atoms with Crippen molar-refractivity contribution in [1.82, 2.24) is 4.98 Å². The van der Waals surface area contributed by atoms with Crippen molar-refractivity contribution >= 4 is 5.84 Å². The first-order chi connectivity index (χ1) is 10.2. The predicted molar refractivity (Wildman–Crippen MR) is 83.9 cm³/mol. The molecule has 0 bridgehead atoms. The Morgan fingerprint density at radius 3 is 3.00 bits per heavy atom. The van der Waals surface area contributed by atoms with Crippen molar-refractivity contribution in [2.24, 2.45) is 11.7 Å². The molecule has 4 nitrogen and oxygen atoms in total. The fourth-order valence-corrected chi connectivity index (χ4v) is 3.61. The zero-order chi connectivity index (χ0) is 14.8. The van der Waals surface area contributed by atoms with Crippen LogP contribution in [0.1, 0.15) is 62.3 Å². The predicted octanol–water partition coefficient (Wildman–Crippen LogP) is 3.20. The van der Waals surface area contributed by atoms with Crippen molar-refractivity contribution < 1.29 is 4.74 Å². The quantitative estimate of drug-likeness (QED) is 0.660. The fraction of sp³-hybridized carbons (Fsp3) is 0.647. The lowest BCUT2D eigenvalue weighted by Gasteiger charge is -2.29. The highest BCUT2D eigenvalue weighted by atomic mass is 16.5. The van der Waals surface area contributed by atoms with E-state index in [9.17, 15) is 0 Å². The lowest BCUT2D eigenvalue weighted by atomic mass is 9.85. The smallest absolute Gasteiger partial charge is 0.225 e. The van der Waals surface area contributed by atoms with E-state index in [0.717, 1.165) is 43.7 Å². The van der Waals surface area contributed by atoms with Crippen LogP contribution in [-0.4, -0.2) is 16.9 Å². The Labute approximate surface area is 126 Å². The second-order valence-electron chi connectivity index (χ2n) is 6.39. The normalized spacial score (nSPS) is 24.6. The van der Waals surface area contributed by atoms with E-state index in [0.29, 0.717) is 11.4 Å². The number of nitrogen functional groups attached to an aromatic ring is 1. The van der Waals surface area contributed by atoms with E-state index in [1.54, 1.807) is 0 Å². The lowest BCUT2D eigenvalue weighted by molar-refractivity contribution is 0.116. The highest BCUT2D eigenvalue weighted by molar-refractivity contribution is 5.97. The summed E-state index contributed by atoms with van der Waals surface area (Å²) in [5.74, 6) is 1.42. The number of aromatic nitrogens is 1. The van der Waals surface area contributed by atoms with E-state index < -0.39 is 0 Å². The van der Waals surface area contributed by atoms with Gasteiger partial charge in [0.05, 0.1) is 5.56 Å². The standard InChI is InChI=1S/C17H25N3O/c1-2-11-5-3-7-13(9-11)21-17-14(16(18)19)10-12-6-4-8-15(12)20-17/h10-11,13H,2-9H2,1H3,(H3,18,19). The van der Waals surface area contributed by atoms with E-state index in [1.807, 2.05) is 6.07 Å². The molecule has 2 atom stereocenters. The Bertz CT molecular complexity index is 541. The van der Waals surface area contributed by atoms with Gasteiger partial charge in [-0.3, -0.25) is 5.41 Å². The summed E-state index contributed by atoms with van der Waals surface area (Å²) in [6, 6.07) is 2.02. The molecule has 1 aromatic heterocycles. The number of hydrogen-bond donors (Lipinski definition) is 2. The van der Waals surface area contributed by atoms with Crippen LogP contribution in [0, 0.1) is 11.3 Å². The third-order valence-corrected chi connectivity index (χ3v) is 4.90. The minimum absolute atomic E-state index is 0.0649. The van der Waals surface area contributed by atoms with Crippen molar-refractivity contribution in [1.29, 1.82) is 5.41 Å². The van der Waals surface area contributed by atoms with Gasteiger partial charge < -0.3 is 10.5 Å². The van der Waals surface area contributed by atoms with Crippen molar-refractivity contribution in [3.63, 3.8) is 0 Å². The van der Waals surface area contributed by atoms with Gasteiger partial charge in [-0.2, -0.15) is 0 Å². The van der Waals surface area contributed by atoms with Crippen LogP contribution < -0.4 is 10.5 Å². The number of aryl methyl sites for hydroxylation is 2. The summed E-state index contributed by atoms with van der Waals surface area (Å²) in [6.07, 6.45) is 9.39. The summed E-state index contributed by atoms with van der Waals surface area (Å²) in [4.78, 5) is 4.68. The Morgan fingerprint density at radius 1 is 1.38 bits per heavy atom. The summed E-state index contributed by atoms with van der Waals surface area (Å²) in [5.41, 5.74) is 8.78. The minimum Gasteiger partial charge on any atom is -0.474 e. The number of rotatable bonds is 4. The first-order valence-corrected chi connectivity index (χ1v) is 8.21. The Balaban J connectivity index is 1.82. The molecular formula is C17H25N3O.